The van der Waals surface area contributed by atoms with Crippen molar-refractivity contribution in [3.8, 4) is 0 Å². The zero-order valence-electron chi connectivity index (χ0n) is 15.6. The fourth-order valence-electron chi connectivity index (χ4n) is 2.83. The van der Waals surface area contributed by atoms with Gasteiger partial charge < -0.3 is 10.2 Å². The monoisotopic (exact) mass is 404 g/mol. The van der Waals surface area contributed by atoms with Crippen molar-refractivity contribution in [2.45, 2.75) is 31.8 Å². The van der Waals surface area contributed by atoms with Gasteiger partial charge in [-0.3, -0.25) is 14.4 Å². The summed E-state index contributed by atoms with van der Waals surface area (Å²) in [7, 11) is 0. The lowest BCUT2D eigenvalue weighted by Crippen LogP contribution is -2.44. The summed E-state index contributed by atoms with van der Waals surface area (Å²) >= 11 is 1.28. The molecule has 1 aliphatic rings. The first-order valence-electron chi connectivity index (χ1n) is 8.89. The van der Waals surface area contributed by atoms with E-state index in [2.05, 4.69) is 10.4 Å². The van der Waals surface area contributed by atoms with Crippen molar-refractivity contribution in [1.82, 2.24) is 15.1 Å². The lowest BCUT2D eigenvalue weighted by Gasteiger charge is -2.29. The Hall–Kier alpha value is -2.68. The average molecular weight is 404 g/mol. The summed E-state index contributed by atoms with van der Waals surface area (Å²) in [4.78, 5) is 39.5. The second-order valence-corrected chi connectivity index (χ2v) is 7.93. The second-order valence-electron chi connectivity index (χ2n) is 6.91. The highest BCUT2D eigenvalue weighted by molar-refractivity contribution is 8.00. The van der Waals surface area contributed by atoms with Gasteiger partial charge in [0, 0.05) is 13.1 Å². The minimum atomic E-state index is -0.462. The van der Waals surface area contributed by atoms with E-state index in [-0.39, 0.29) is 42.2 Å². The number of amides is 2. The fraction of sp³-hybridized carbons (Fsp3) is 0.368. The van der Waals surface area contributed by atoms with E-state index in [4.69, 9.17) is 0 Å². The van der Waals surface area contributed by atoms with Crippen LogP contribution in [0.1, 0.15) is 19.4 Å². The fourth-order valence-corrected chi connectivity index (χ4v) is 3.72. The van der Waals surface area contributed by atoms with E-state index < -0.39 is 11.5 Å². The van der Waals surface area contributed by atoms with Gasteiger partial charge in [0.1, 0.15) is 18.0 Å². The molecule has 2 aromatic rings. The lowest BCUT2D eigenvalue weighted by molar-refractivity contribution is -0.122. The van der Waals surface area contributed by atoms with E-state index in [9.17, 15) is 18.8 Å². The predicted molar refractivity (Wildman–Crippen MR) is 105 cm³/mol. The molecule has 9 heteroatoms. The van der Waals surface area contributed by atoms with Crippen LogP contribution in [0.2, 0.25) is 0 Å². The van der Waals surface area contributed by atoms with Crippen molar-refractivity contribution < 1.29 is 14.0 Å². The number of aromatic nitrogens is 2. The Bertz CT molecular complexity index is 943. The van der Waals surface area contributed by atoms with Crippen LogP contribution in [0.25, 0.3) is 0 Å². The van der Waals surface area contributed by atoms with E-state index >= 15 is 0 Å². The Labute approximate surface area is 165 Å². The smallest absolute Gasteiger partial charge is 0.292 e. The number of hydrogen-bond donors (Lipinski definition) is 1. The third kappa shape index (κ3) is 4.59. The van der Waals surface area contributed by atoms with Gasteiger partial charge in [0.15, 0.2) is 0 Å². The Morgan fingerprint density at radius 3 is 2.68 bits per heavy atom. The molecule has 0 saturated heterocycles. The molecule has 1 aromatic carbocycles. The molecule has 1 N–H and O–H groups in total. The SMILES string of the molecule is CC(C)CN1C(=O)CSc2cnn(CC(=O)NCc3ccc(F)cc3)c(=O)c21. The van der Waals surface area contributed by atoms with E-state index in [1.165, 1.54) is 35.0 Å². The summed E-state index contributed by atoms with van der Waals surface area (Å²) in [6.07, 6.45) is 1.52. The van der Waals surface area contributed by atoms with Gasteiger partial charge in [-0.05, 0) is 23.6 Å². The quantitative estimate of drug-likeness (QED) is 0.794. The Morgan fingerprint density at radius 2 is 2.00 bits per heavy atom. The topological polar surface area (TPSA) is 84.3 Å². The van der Waals surface area contributed by atoms with Gasteiger partial charge in [0.05, 0.1) is 16.8 Å². The highest BCUT2D eigenvalue weighted by atomic mass is 32.2. The van der Waals surface area contributed by atoms with Gasteiger partial charge in [-0.15, -0.1) is 11.8 Å². The standard InChI is InChI=1S/C19H21FN4O3S/c1-12(2)9-23-17(26)11-28-15-8-22-24(19(27)18(15)23)10-16(25)21-7-13-3-5-14(20)6-4-13/h3-6,8,12H,7,9-11H2,1-2H3,(H,21,25). The number of hydrogen-bond acceptors (Lipinski definition) is 5. The molecule has 2 heterocycles. The maximum atomic E-state index is 12.9. The maximum Gasteiger partial charge on any atom is 0.292 e. The molecule has 3 rings (SSSR count). The first-order chi connectivity index (χ1) is 13.3. The van der Waals surface area contributed by atoms with Gasteiger partial charge in [-0.1, -0.05) is 26.0 Å². The molecule has 0 radical (unpaired) electrons. The highest BCUT2D eigenvalue weighted by Gasteiger charge is 2.29. The normalized spacial score (nSPS) is 13.6. The molecule has 0 unspecified atom stereocenters. The lowest BCUT2D eigenvalue weighted by atomic mass is 10.2. The maximum absolute atomic E-state index is 12.9. The molecule has 1 aromatic heterocycles. The van der Waals surface area contributed by atoms with E-state index in [0.717, 1.165) is 10.2 Å². The molecule has 0 saturated carbocycles. The summed E-state index contributed by atoms with van der Waals surface area (Å²) in [5, 5.41) is 6.75. The number of benzene rings is 1. The van der Waals surface area contributed by atoms with Crippen LogP contribution >= 0.6 is 11.8 Å². The third-order valence-electron chi connectivity index (χ3n) is 4.15. The minimum absolute atomic E-state index is 0.123. The number of nitrogens with one attached hydrogen (secondary N) is 1. The molecular weight excluding hydrogens is 383 g/mol. The van der Waals surface area contributed by atoms with Gasteiger partial charge in [0.2, 0.25) is 11.8 Å². The first kappa shape index (κ1) is 20.1. The zero-order chi connectivity index (χ0) is 20.3. The molecular formula is C19H21FN4O3S. The molecule has 0 aliphatic carbocycles. The van der Waals surface area contributed by atoms with Crippen molar-refractivity contribution in [2.75, 3.05) is 17.2 Å². The molecule has 148 valence electrons. The summed E-state index contributed by atoms with van der Waals surface area (Å²) in [5.74, 6) is -0.410. The van der Waals surface area contributed by atoms with Crippen LogP contribution in [0.3, 0.4) is 0 Å². The van der Waals surface area contributed by atoms with Gasteiger partial charge >= 0.3 is 0 Å². The van der Waals surface area contributed by atoms with Crippen LogP contribution in [-0.4, -0.2) is 33.9 Å². The summed E-state index contributed by atoms with van der Waals surface area (Å²) in [6, 6.07) is 5.78. The number of rotatable bonds is 6. The Morgan fingerprint density at radius 1 is 1.29 bits per heavy atom. The van der Waals surface area contributed by atoms with Crippen molar-refractivity contribution in [3.05, 3.63) is 52.2 Å². The average Bonchev–Trinajstić information content (AvgIpc) is 2.65. The van der Waals surface area contributed by atoms with E-state index in [1.54, 1.807) is 12.1 Å². The second kappa shape index (κ2) is 8.55. The van der Waals surface area contributed by atoms with Crippen LogP contribution in [0.15, 0.2) is 40.2 Å². The van der Waals surface area contributed by atoms with Crippen molar-refractivity contribution >= 4 is 29.3 Å². The van der Waals surface area contributed by atoms with Gasteiger partial charge in [-0.2, -0.15) is 5.10 Å². The summed E-state index contributed by atoms with van der Waals surface area (Å²) < 4.78 is 14.0. The van der Waals surface area contributed by atoms with Crippen LogP contribution < -0.4 is 15.8 Å². The molecule has 28 heavy (non-hydrogen) atoms. The summed E-state index contributed by atoms with van der Waals surface area (Å²) in [5.41, 5.74) is 0.567. The number of fused-ring (bicyclic) bond motifs is 1. The predicted octanol–water partition coefficient (Wildman–Crippen LogP) is 1.79. The summed E-state index contributed by atoms with van der Waals surface area (Å²) in [6.45, 7) is 4.32. The molecule has 7 nitrogen and oxygen atoms in total. The van der Waals surface area contributed by atoms with Crippen LogP contribution in [0.5, 0.6) is 0 Å². The molecule has 0 spiro atoms. The third-order valence-corrected chi connectivity index (χ3v) is 5.15. The number of carbonyl (C=O) groups excluding carboxylic acids is 2. The Kier molecular flexibility index (Phi) is 6.13. The van der Waals surface area contributed by atoms with Crippen LogP contribution in [0.4, 0.5) is 10.1 Å². The molecule has 1 aliphatic heterocycles. The Balaban J connectivity index is 1.75. The van der Waals surface area contributed by atoms with Crippen molar-refractivity contribution in [3.63, 3.8) is 0 Å². The number of thioether (sulfide) groups is 1. The number of nitrogens with zero attached hydrogens (tertiary/aromatic N) is 3. The highest BCUT2D eigenvalue weighted by Crippen LogP contribution is 2.32. The van der Waals surface area contributed by atoms with Gasteiger partial charge in [0.25, 0.3) is 5.56 Å². The molecule has 2 amide bonds. The molecule has 0 fully saturated rings. The largest absolute Gasteiger partial charge is 0.350 e. The van der Waals surface area contributed by atoms with Crippen molar-refractivity contribution in [2.24, 2.45) is 5.92 Å². The molecule has 0 bridgehead atoms. The molecule has 0 atom stereocenters. The van der Waals surface area contributed by atoms with Gasteiger partial charge in [-0.25, -0.2) is 9.07 Å². The van der Waals surface area contributed by atoms with E-state index in [1.807, 2.05) is 13.8 Å². The minimum Gasteiger partial charge on any atom is -0.350 e. The van der Waals surface area contributed by atoms with Crippen LogP contribution in [-0.2, 0) is 22.7 Å². The number of halogens is 1. The van der Waals surface area contributed by atoms with Crippen molar-refractivity contribution in [1.29, 1.82) is 0 Å². The number of carbonyl (C=O) groups is 2. The first-order valence-corrected chi connectivity index (χ1v) is 9.88. The zero-order valence-corrected chi connectivity index (χ0v) is 16.5. The number of anilines is 1. The van der Waals surface area contributed by atoms with Crippen LogP contribution in [0, 0.1) is 11.7 Å². The van der Waals surface area contributed by atoms with E-state index in [0.29, 0.717) is 11.4 Å².